The highest BCUT2D eigenvalue weighted by molar-refractivity contribution is 7.91. The normalized spacial score (nSPS) is 22.9. The monoisotopic (exact) mass is 304 g/mol. The molecule has 1 amide bonds. The first-order valence-electron chi connectivity index (χ1n) is 7.52. The molecular weight excluding hydrogens is 276 g/mol. The van der Waals surface area contributed by atoms with Gasteiger partial charge in [0.1, 0.15) is 0 Å². The summed E-state index contributed by atoms with van der Waals surface area (Å²) in [5.41, 5.74) is 5.97. The summed E-state index contributed by atoms with van der Waals surface area (Å²) in [7, 11) is -2.97. The van der Waals surface area contributed by atoms with Crippen LogP contribution in [0.15, 0.2) is 0 Å². The van der Waals surface area contributed by atoms with Gasteiger partial charge in [0.05, 0.1) is 11.5 Å². The molecule has 5 nitrogen and oxygen atoms in total. The first kappa shape index (κ1) is 17.4. The topological polar surface area (TPSA) is 80.5 Å². The van der Waals surface area contributed by atoms with Crippen LogP contribution in [-0.2, 0) is 14.6 Å². The zero-order valence-corrected chi connectivity index (χ0v) is 13.7. The van der Waals surface area contributed by atoms with Crippen molar-refractivity contribution in [2.75, 3.05) is 18.1 Å². The third-order valence-electron chi connectivity index (χ3n) is 3.99. The molecule has 2 atom stereocenters. The van der Waals surface area contributed by atoms with Crippen molar-refractivity contribution >= 4 is 15.7 Å². The fraction of sp³-hybridized carbons (Fsp3) is 0.929. The highest BCUT2D eigenvalue weighted by Crippen LogP contribution is 2.20. The Morgan fingerprint density at radius 1 is 1.40 bits per heavy atom. The first-order chi connectivity index (χ1) is 9.26. The summed E-state index contributed by atoms with van der Waals surface area (Å²) in [5, 5.41) is 0. The zero-order valence-electron chi connectivity index (χ0n) is 12.8. The lowest BCUT2D eigenvalue weighted by Gasteiger charge is -2.30. The van der Waals surface area contributed by atoms with E-state index in [1.165, 1.54) is 0 Å². The molecule has 0 saturated carbocycles. The lowest BCUT2D eigenvalue weighted by molar-refractivity contribution is -0.133. The molecule has 1 fully saturated rings. The maximum absolute atomic E-state index is 12.4. The largest absolute Gasteiger partial charge is 0.339 e. The molecule has 0 aromatic carbocycles. The molecule has 20 heavy (non-hydrogen) atoms. The number of hydrogen-bond donors (Lipinski definition) is 1. The molecule has 2 unspecified atom stereocenters. The van der Waals surface area contributed by atoms with E-state index in [1.54, 1.807) is 4.90 Å². The van der Waals surface area contributed by atoms with E-state index in [-0.39, 0.29) is 35.4 Å². The third-order valence-corrected chi connectivity index (χ3v) is 5.74. The molecule has 2 N–H and O–H groups in total. The van der Waals surface area contributed by atoms with Gasteiger partial charge in [-0.05, 0) is 18.8 Å². The van der Waals surface area contributed by atoms with Crippen molar-refractivity contribution in [1.82, 2.24) is 4.90 Å². The van der Waals surface area contributed by atoms with Crippen LogP contribution >= 0.6 is 0 Å². The van der Waals surface area contributed by atoms with Crippen LogP contribution < -0.4 is 5.73 Å². The summed E-state index contributed by atoms with van der Waals surface area (Å²) in [6.45, 7) is 6.69. The molecule has 1 aliphatic heterocycles. The van der Waals surface area contributed by atoms with Crippen LogP contribution in [0.1, 0.15) is 46.5 Å². The molecule has 0 aliphatic carbocycles. The van der Waals surface area contributed by atoms with E-state index in [9.17, 15) is 13.2 Å². The number of nitrogens with zero attached hydrogens (tertiary/aromatic N) is 1. The van der Waals surface area contributed by atoms with Gasteiger partial charge in [-0.25, -0.2) is 8.42 Å². The molecule has 1 saturated heterocycles. The summed E-state index contributed by atoms with van der Waals surface area (Å²) in [5.74, 6) is 0.560. The minimum absolute atomic E-state index is 0.00162. The van der Waals surface area contributed by atoms with Crippen LogP contribution in [0.2, 0.25) is 0 Å². The summed E-state index contributed by atoms with van der Waals surface area (Å²) < 4.78 is 23.2. The second-order valence-electron chi connectivity index (χ2n) is 6.11. The maximum Gasteiger partial charge on any atom is 0.224 e. The summed E-state index contributed by atoms with van der Waals surface area (Å²) in [6, 6.07) is -0.317. The number of hydrogen-bond acceptors (Lipinski definition) is 4. The predicted molar refractivity (Wildman–Crippen MR) is 81.1 cm³/mol. The van der Waals surface area contributed by atoms with Gasteiger partial charge in [-0.1, -0.05) is 27.2 Å². The fourth-order valence-corrected chi connectivity index (χ4v) is 4.15. The Morgan fingerprint density at radius 3 is 2.50 bits per heavy atom. The number of unbranched alkanes of at least 4 members (excludes halogenated alkanes) is 1. The molecule has 0 spiro atoms. The van der Waals surface area contributed by atoms with Crippen molar-refractivity contribution in [3.05, 3.63) is 0 Å². The zero-order chi connectivity index (χ0) is 15.3. The number of amides is 1. The Kier molecular flexibility index (Phi) is 6.45. The molecular formula is C14H28N2O3S. The highest BCUT2D eigenvalue weighted by Gasteiger charge is 2.34. The van der Waals surface area contributed by atoms with Gasteiger partial charge < -0.3 is 10.6 Å². The number of carbonyl (C=O) groups excluding carboxylic acids is 1. The number of nitrogens with two attached hydrogens (primary N) is 1. The Balaban J connectivity index is 2.71. The van der Waals surface area contributed by atoms with E-state index in [1.807, 2.05) is 13.8 Å². The number of rotatable bonds is 7. The summed E-state index contributed by atoms with van der Waals surface area (Å²) in [4.78, 5) is 14.2. The minimum Gasteiger partial charge on any atom is -0.339 e. The molecule has 118 valence electrons. The van der Waals surface area contributed by atoms with Gasteiger partial charge in [-0.15, -0.1) is 0 Å². The van der Waals surface area contributed by atoms with Crippen molar-refractivity contribution in [2.45, 2.75) is 58.5 Å². The van der Waals surface area contributed by atoms with Gasteiger partial charge in [0.25, 0.3) is 0 Å². The molecule has 0 aromatic heterocycles. The molecule has 0 bridgehead atoms. The Morgan fingerprint density at radius 2 is 2.05 bits per heavy atom. The van der Waals surface area contributed by atoms with Gasteiger partial charge in [0.2, 0.25) is 5.91 Å². The van der Waals surface area contributed by atoms with Gasteiger partial charge in [-0.2, -0.15) is 0 Å². The highest BCUT2D eigenvalue weighted by atomic mass is 32.2. The van der Waals surface area contributed by atoms with Gasteiger partial charge >= 0.3 is 0 Å². The lowest BCUT2D eigenvalue weighted by Crippen LogP contribution is -2.44. The Bertz CT molecular complexity index is 420. The van der Waals surface area contributed by atoms with Crippen LogP contribution in [-0.4, -0.2) is 49.4 Å². The molecule has 6 heteroatoms. The van der Waals surface area contributed by atoms with Crippen molar-refractivity contribution in [1.29, 1.82) is 0 Å². The van der Waals surface area contributed by atoms with E-state index in [0.717, 1.165) is 12.8 Å². The third kappa shape index (κ3) is 5.05. The number of sulfone groups is 1. The SMILES string of the molecule is CCCCN(C(=O)CC(N)C(C)C)C1CCS(=O)(=O)C1. The maximum atomic E-state index is 12.4. The van der Waals surface area contributed by atoms with Gasteiger partial charge in [0, 0.05) is 25.0 Å². The molecule has 1 rings (SSSR count). The van der Waals surface area contributed by atoms with E-state index in [4.69, 9.17) is 5.73 Å². The Hall–Kier alpha value is -0.620. The smallest absolute Gasteiger partial charge is 0.224 e. The average molecular weight is 304 g/mol. The van der Waals surface area contributed by atoms with Crippen LogP contribution in [0.4, 0.5) is 0 Å². The summed E-state index contributed by atoms with van der Waals surface area (Å²) >= 11 is 0. The quantitative estimate of drug-likeness (QED) is 0.766. The van der Waals surface area contributed by atoms with Crippen LogP contribution in [0.5, 0.6) is 0 Å². The van der Waals surface area contributed by atoms with E-state index >= 15 is 0 Å². The van der Waals surface area contributed by atoms with Crippen LogP contribution in [0.3, 0.4) is 0 Å². The van der Waals surface area contributed by atoms with Crippen molar-refractivity contribution in [2.24, 2.45) is 11.7 Å². The van der Waals surface area contributed by atoms with Crippen molar-refractivity contribution in [3.63, 3.8) is 0 Å². The first-order valence-corrected chi connectivity index (χ1v) is 9.34. The average Bonchev–Trinajstić information content (AvgIpc) is 2.69. The minimum atomic E-state index is -2.97. The molecule has 1 aliphatic rings. The van der Waals surface area contributed by atoms with E-state index in [0.29, 0.717) is 19.4 Å². The van der Waals surface area contributed by atoms with Crippen molar-refractivity contribution in [3.8, 4) is 0 Å². The van der Waals surface area contributed by atoms with Crippen LogP contribution in [0, 0.1) is 5.92 Å². The fourth-order valence-electron chi connectivity index (χ4n) is 2.42. The molecule has 0 radical (unpaired) electrons. The van der Waals surface area contributed by atoms with E-state index < -0.39 is 9.84 Å². The number of carbonyl (C=O) groups is 1. The second-order valence-corrected chi connectivity index (χ2v) is 8.34. The van der Waals surface area contributed by atoms with Gasteiger partial charge in [0.15, 0.2) is 9.84 Å². The predicted octanol–water partition coefficient (Wildman–Crippen LogP) is 1.18. The molecule has 0 aromatic rings. The second kappa shape index (κ2) is 7.41. The van der Waals surface area contributed by atoms with E-state index in [2.05, 4.69) is 6.92 Å². The standard InChI is InChI=1S/C14H28N2O3S/c1-4-5-7-16(12-6-8-20(18,19)10-12)14(17)9-13(15)11(2)3/h11-13H,4-10,15H2,1-3H3. The van der Waals surface area contributed by atoms with Crippen molar-refractivity contribution < 1.29 is 13.2 Å². The summed E-state index contributed by atoms with van der Waals surface area (Å²) in [6.07, 6.45) is 2.76. The lowest BCUT2D eigenvalue weighted by atomic mass is 10.0. The van der Waals surface area contributed by atoms with Gasteiger partial charge in [-0.3, -0.25) is 4.79 Å². The van der Waals surface area contributed by atoms with Crippen LogP contribution in [0.25, 0.3) is 0 Å². The molecule has 1 heterocycles. The Labute approximate surface area is 122 Å².